The predicted molar refractivity (Wildman–Crippen MR) is 71.4 cm³/mol. The first-order valence-corrected chi connectivity index (χ1v) is 6.52. The van der Waals surface area contributed by atoms with Crippen molar-refractivity contribution in [2.24, 2.45) is 5.41 Å². The minimum atomic E-state index is 0.0399. The highest BCUT2D eigenvalue weighted by molar-refractivity contribution is 5.47. The molecule has 0 saturated heterocycles. The van der Waals surface area contributed by atoms with Gasteiger partial charge in [-0.05, 0) is 43.0 Å². The van der Waals surface area contributed by atoms with Crippen molar-refractivity contribution in [1.29, 1.82) is 0 Å². The molecule has 1 N–H and O–H groups in total. The van der Waals surface area contributed by atoms with Gasteiger partial charge in [-0.25, -0.2) is 0 Å². The quantitative estimate of drug-likeness (QED) is 0.896. The van der Waals surface area contributed by atoms with Crippen LogP contribution in [-0.4, -0.2) is 24.9 Å². The maximum absolute atomic E-state index is 8.91. The first-order valence-electron chi connectivity index (χ1n) is 6.52. The minimum absolute atomic E-state index is 0.0399. The fourth-order valence-corrected chi connectivity index (χ4v) is 2.06. The van der Waals surface area contributed by atoms with Crippen LogP contribution < -0.4 is 9.47 Å². The van der Waals surface area contributed by atoms with Crippen LogP contribution in [0.4, 0.5) is 0 Å². The van der Waals surface area contributed by atoms with Crippen molar-refractivity contribution in [1.82, 2.24) is 0 Å². The van der Waals surface area contributed by atoms with E-state index in [-0.39, 0.29) is 12.0 Å². The molecule has 3 heteroatoms. The summed E-state index contributed by atoms with van der Waals surface area (Å²) in [6, 6.07) is 4.10. The van der Waals surface area contributed by atoms with Crippen molar-refractivity contribution in [2.45, 2.75) is 33.6 Å². The van der Waals surface area contributed by atoms with Crippen molar-refractivity contribution in [3.05, 3.63) is 23.3 Å². The van der Waals surface area contributed by atoms with Crippen LogP contribution in [0.15, 0.2) is 12.1 Å². The van der Waals surface area contributed by atoms with Gasteiger partial charge in [0, 0.05) is 12.0 Å². The maximum Gasteiger partial charge on any atom is 0.161 e. The molecule has 3 nitrogen and oxygen atoms in total. The number of benzene rings is 1. The van der Waals surface area contributed by atoms with Gasteiger partial charge in [-0.3, -0.25) is 0 Å². The maximum atomic E-state index is 8.91. The van der Waals surface area contributed by atoms with Crippen LogP contribution in [-0.2, 0) is 6.42 Å². The van der Waals surface area contributed by atoms with Crippen LogP contribution in [0.3, 0.4) is 0 Å². The molecule has 0 spiro atoms. The van der Waals surface area contributed by atoms with E-state index in [0.29, 0.717) is 13.2 Å². The molecule has 1 aliphatic rings. The Labute approximate surface area is 109 Å². The molecule has 1 aliphatic heterocycles. The lowest BCUT2D eigenvalue weighted by atomic mass is 9.97. The second kappa shape index (κ2) is 5.19. The van der Waals surface area contributed by atoms with Gasteiger partial charge in [0.05, 0.1) is 13.2 Å². The third-order valence-corrected chi connectivity index (χ3v) is 3.24. The van der Waals surface area contributed by atoms with E-state index in [9.17, 15) is 0 Å². The Morgan fingerprint density at radius 2 is 1.78 bits per heavy atom. The van der Waals surface area contributed by atoms with Gasteiger partial charge < -0.3 is 14.6 Å². The van der Waals surface area contributed by atoms with Crippen molar-refractivity contribution < 1.29 is 14.6 Å². The van der Waals surface area contributed by atoms with Gasteiger partial charge in [-0.15, -0.1) is 0 Å². The lowest BCUT2D eigenvalue weighted by molar-refractivity contribution is 0.140. The second-order valence-electron chi connectivity index (χ2n) is 5.79. The van der Waals surface area contributed by atoms with E-state index in [1.54, 1.807) is 0 Å². The molecule has 0 fully saturated rings. The van der Waals surface area contributed by atoms with Crippen molar-refractivity contribution >= 4 is 0 Å². The smallest absolute Gasteiger partial charge is 0.161 e. The van der Waals surface area contributed by atoms with Crippen molar-refractivity contribution in [2.75, 3.05) is 19.8 Å². The second-order valence-corrected chi connectivity index (χ2v) is 5.79. The molecule has 0 aromatic heterocycles. The number of hydrogen-bond acceptors (Lipinski definition) is 3. The topological polar surface area (TPSA) is 38.7 Å². The third-order valence-electron chi connectivity index (χ3n) is 3.24. The normalized spacial score (nSPS) is 17.3. The number of aliphatic hydroxyl groups excluding tert-OH is 1. The third kappa shape index (κ3) is 2.96. The van der Waals surface area contributed by atoms with Crippen LogP contribution in [0.1, 0.15) is 31.4 Å². The highest BCUT2D eigenvalue weighted by Crippen LogP contribution is 2.36. The van der Waals surface area contributed by atoms with Gasteiger partial charge >= 0.3 is 0 Å². The summed E-state index contributed by atoms with van der Waals surface area (Å²) in [6.07, 6.45) is 1.66. The average molecular weight is 250 g/mol. The number of ether oxygens (including phenoxy) is 2. The largest absolute Gasteiger partial charge is 0.489 e. The van der Waals surface area contributed by atoms with E-state index in [0.717, 1.165) is 24.3 Å². The Morgan fingerprint density at radius 3 is 2.39 bits per heavy atom. The lowest BCUT2D eigenvalue weighted by Crippen LogP contribution is -2.26. The van der Waals surface area contributed by atoms with E-state index in [4.69, 9.17) is 14.6 Å². The monoisotopic (exact) mass is 250 g/mol. The predicted octanol–water partition coefficient (Wildman–Crippen LogP) is 2.72. The fraction of sp³-hybridized carbons (Fsp3) is 0.600. The van der Waals surface area contributed by atoms with E-state index < -0.39 is 0 Å². The average Bonchev–Trinajstić information content (AvgIpc) is 2.46. The molecule has 1 heterocycles. The zero-order valence-electron chi connectivity index (χ0n) is 11.5. The molecule has 0 unspecified atom stereocenters. The molecular formula is C15H22O3. The first kappa shape index (κ1) is 13.2. The summed E-state index contributed by atoms with van der Waals surface area (Å²) >= 11 is 0. The number of aliphatic hydroxyl groups is 1. The molecule has 0 atom stereocenters. The van der Waals surface area contributed by atoms with Crippen LogP contribution in [0.25, 0.3) is 0 Å². The Balaban J connectivity index is 2.24. The number of hydrogen-bond donors (Lipinski definition) is 1. The van der Waals surface area contributed by atoms with Crippen LogP contribution in [0.5, 0.6) is 11.5 Å². The molecule has 0 radical (unpaired) electrons. The van der Waals surface area contributed by atoms with Gasteiger partial charge in [-0.2, -0.15) is 0 Å². The highest BCUT2D eigenvalue weighted by Gasteiger charge is 2.25. The summed E-state index contributed by atoms with van der Waals surface area (Å²) in [4.78, 5) is 0. The zero-order chi connectivity index (χ0) is 13.2. The zero-order valence-corrected chi connectivity index (χ0v) is 11.5. The number of aryl methyl sites for hydroxylation is 2. The Kier molecular flexibility index (Phi) is 3.81. The summed E-state index contributed by atoms with van der Waals surface area (Å²) < 4.78 is 11.7. The molecule has 0 aliphatic carbocycles. The molecule has 0 amide bonds. The molecule has 18 heavy (non-hydrogen) atoms. The summed E-state index contributed by atoms with van der Waals surface area (Å²) in [5.74, 6) is 1.67. The molecular weight excluding hydrogens is 228 g/mol. The Hall–Kier alpha value is -1.22. The molecule has 0 saturated carbocycles. The van der Waals surface area contributed by atoms with Gasteiger partial charge in [0.1, 0.15) is 0 Å². The Bertz CT molecular complexity index is 424. The first-order chi connectivity index (χ1) is 8.52. The molecule has 0 bridgehead atoms. The van der Waals surface area contributed by atoms with E-state index in [2.05, 4.69) is 26.8 Å². The van der Waals surface area contributed by atoms with E-state index in [1.807, 2.05) is 6.07 Å². The van der Waals surface area contributed by atoms with Crippen molar-refractivity contribution in [3.63, 3.8) is 0 Å². The van der Waals surface area contributed by atoms with Crippen LogP contribution >= 0.6 is 0 Å². The summed E-state index contributed by atoms with van der Waals surface area (Å²) in [5, 5.41) is 8.91. The SMILES string of the molecule is Cc1cc2c(cc1CCCO)OCC(C)(C)CO2. The number of rotatable bonds is 3. The fourth-order valence-electron chi connectivity index (χ4n) is 2.06. The number of fused-ring (bicyclic) bond motifs is 1. The lowest BCUT2D eigenvalue weighted by Gasteiger charge is -2.19. The molecule has 1 aromatic carbocycles. The molecule has 100 valence electrons. The van der Waals surface area contributed by atoms with Gasteiger partial charge in [0.15, 0.2) is 11.5 Å². The Morgan fingerprint density at radius 1 is 1.17 bits per heavy atom. The standard InChI is InChI=1S/C15H22O3/c1-11-7-13-14(8-12(11)5-4-6-16)18-10-15(2,3)9-17-13/h7-8,16H,4-6,9-10H2,1-3H3. The van der Waals surface area contributed by atoms with Crippen LogP contribution in [0.2, 0.25) is 0 Å². The van der Waals surface area contributed by atoms with Gasteiger partial charge in [0.2, 0.25) is 0 Å². The molecule has 1 aromatic rings. The summed E-state index contributed by atoms with van der Waals surface area (Å²) in [7, 11) is 0. The molecule has 2 rings (SSSR count). The van der Waals surface area contributed by atoms with Crippen molar-refractivity contribution in [3.8, 4) is 11.5 Å². The van der Waals surface area contributed by atoms with Gasteiger partial charge in [-0.1, -0.05) is 13.8 Å². The van der Waals surface area contributed by atoms with E-state index >= 15 is 0 Å². The summed E-state index contributed by atoms with van der Waals surface area (Å²) in [6.45, 7) is 7.92. The minimum Gasteiger partial charge on any atom is -0.489 e. The van der Waals surface area contributed by atoms with Gasteiger partial charge in [0.25, 0.3) is 0 Å². The highest BCUT2D eigenvalue weighted by atomic mass is 16.5. The van der Waals surface area contributed by atoms with Crippen LogP contribution in [0, 0.1) is 12.3 Å². The summed E-state index contributed by atoms with van der Waals surface area (Å²) in [5.41, 5.74) is 2.47. The van der Waals surface area contributed by atoms with E-state index in [1.165, 1.54) is 11.1 Å².